The van der Waals surface area contributed by atoms with Gasteiger partial charge >= 0.3 is 0 Å². The summed E-state index contributed by atoms with van der Waals surface area (Å²) in [6.45, 7) is 10.2. The standard InChI is InChI=1S/C37H41FN8O3/c1-37(2,45-17-15-43(16-18-45)27-23-48-24-27)20-25(21-39)36(47)44-14-6-7-26(22-44)46-32-12-13-41-35(40)33(32)34(42-46)30-11-10-29(19-31(30)38)49-28-8-4-3-5-9-28/h3-5,8-13,19-20,26-27H,6-7,14-18,22-24H2,1-2H3,(H2,40,41)/b25-20-/t26-/m1/s1. The van der Waals surface area contributed by atoms with E-state index in [0.29, 0.717) is 47.2 Å². The van der Waals surface area contributed by atoms with Crippen LogP contribution in [0.25, 0.3) is 22.2 Å². The van der Waals surface area contributed by atoms with Gasteiger partial charge in [-0.1, -0.05) is 18.2 Å². The summed E-state index contributed by atoms with van der Waals surface area (Å²) < 4.78 is 28.7. The maximum absolute atomic E-state index is 15.7. The molecule has 2 aromatic heterocycles. The van der Waals surface area contributed by atoms with Crippen molar-refractivity contribution in [2.24, 2.45) is 0 Å². The third kappa shape index (κ3) is 6.62. The van der Waals surface area contributed by atoms with Crippen LogP contribution in [-0.4, -0.2) is 99.4 Å². The van der Waals surface area contributed by atoms with Crippen LogP contribution in [0.4, 0.5) is 10.2 Å². The van der Waals surface area contributed by atoms with Crippen molar-refractivity contribution in [1.82, 2.24) is 29.5 Å². The first kappa shape index (κ1) is 32.7. The van der Waals surface area contributed by atoms with Gasteiger partial charge in [-0.15, -0.1) is 0 Å². The zero-order chi connectivity index (χ0) is 34.1. The molecule has 5 heterocycles. The van der Waals surface area contributed by atoms with E-state index in [0.717, 1.165) is 52.2 Å². The Morgan fingerprint density at radius 1 is 1.06 bits per heavy atom. The molecule has 2 N–H and O–H groups in total. The van der Waals surface area contributed by atoms with Gasteiger partial charge in [0.15, 0.2) is 0 Å². The lowest BCUT2D eigenvalue weighted by atomic mass is 9.96. The van der Waals surface area contributed by atoms with Gasteiger partial charge in [-0.3, -0.25) is 19.3 Å². The molecule has 12 heteroatoms. The molecule has 0 saturated carbocycles. The maximum atomic E-state index is 15.7. The monoisotopic (exact) mass is 664 g/mol. The van der Waals surface area contributed by atoms with Crippen LogP contribution in [-0.2, 0) is 9.53 Å². The van der Waals surface area contributed by atoms with Crippen molar-refractivity contribution in [2.45, 2.75) is 44.3 Å². The van der Waals surface area contributed by atoms with Gasteiger partial charge < -0.3 is 20.1 Å². The average Bonchev–Trinajstić information content (AvgIpc) is 3.48. The number of aromatic nitrogens is 3. The second kappa shape index (κ2) is 13.6. The molecule has 0 aliphatic carbocycles. The lowest BCUT2D eigenvalue weighted by Gasteiger charge is -2.46. The number of ether oxygens (including phenoxy) is 2. The summed E-state index contributed by atoms with van der Waals surface area (Å²) in [5.41, 5.74) is 7.39. The molecule has 3 saturated heterocycles. The van der Waals surface area contributed by atoms with Crippen molar-refractivity contribution >= 4 is 22.6 Å². The number of carbonyl (C=O) groups excluding carboxylic acids is 1. The van der Waals surface area contributed by atoms with Crippen LogP contribution in [0.3, 0.4) is 0 Å². The molecular weight excluding hydrogens is 623 g/mol. The fourth-order valence-electron chi connectivity index (χ4n) is 7.15. The Kier molecular flexibility index (Phi) is 9.07. The Hall–Kier alpha value is -4.83. The minimum atomic E-state index is -0.506. The summed E-state index contributed by atoms with van der Waals surface area (Å²) in [5, 5.41) is 15.6. The molecule has 49 heavy (non-hydrogen) atoms. The SMILES string of the molecule is CC(C)(/C=C(/C#N)C(=O)N1CCC[C@@H](n2nc(-c3ccc(Oc4ccccc4)cc3F)c3c(N)nccc32)C1)N1CCN(C2COC2)CC1. The minimum Gasteiger partial charge on any atom is -0.457 e. The van der Waals surface area contributed by atoms with Gasteiger partial charge in [-0.25, -0.2) is 9.37 Å². The van der Waals surface area contributed by atoms with Crippen LogP contribution in [0.5, 0.6) is 11.5 Å². The Morgan fingerprint density at radius 3 is 2.53 bits per heavy atom. The number of hydrogen-bond acceptors (Lipinski definition) is 9. The third-order valence-electron chi connectivity index (χ3n) is 9.97. The summed E-state index contributed by atoms with van der Waals surface area (Å²) in [7, 11) is 0. The van der Waals surface area contributed by atoms with E-state index < -0.39 is 11.4 Å². The van der Waals surface area contributed by atoms with E-state index in [1.807, 2.05) is 35.0 Å². The van der Waals surface area contributed by atoms with Gasteiger partial charge in [0.1, 0.15) is 40.5 Å². The fraction of sp³-hybridized carbons (Fsp3) is 0.405. The summed E-state index contributed by atoms with van der Waals surface area (Å²) in [6, 6.07) is 18.2. The highest BCUT2D eigenvalue weighted by Crippen LogP contribution is 2.37. The summed E-state index contributed by atoms with van der Waals surface area (Å²) in [4.78, 5) is 24.7. The number of carbonyl (C=O) groups is 1. The van der Waals surface area contributed by atoms with Gasteiger partial charge in [-0.05, 0) is 63.1 Å². The molecule has 0 unspecified atom stereocenters. The molecule has 0 spiro atoms. The molecule has 3 aliphatic heterocycles. The summed E-state index contributed by atoms with van der Waals surface area (Å²) in [6.07, 6.45) is 4.91. The molecule has 1 atom stereocenters. The number of amides is 1. The van der Waals surface area contributed by atoms with Gasteiger partial charge in [0.2, 0.25) is 0 Å². The van der Waals surface area contributed by atoms with Crippen molar-refractivity contribution in [2.75, 3.05) is 58.2 Å². The van der Waals surface area contributed by atoms with Crippen molar-refractivity contribution in [3.05, 3.63) is 78.3 Å². The second-order valence-electron chi connectivity index (χ2n) is 13.5. The molecule has 3 fully saturated rings. The molecule has 3 aliphatic rings. The topological polar surface area (TPSA) is 126 Å². The van der Waals surface area contributed by atoms with Gasteiger partial charge in [0.05, 0.1) is 36.2 Å². The molecule has 7 rings (SSSR count). The molecule has 0 bridgehead atoms. The summed E-state index contributed by atoms with van der Waals surface area (Å²) >= 11 is 0. The highest BCUT2D eigenvalue weighted by atomic mass is 19.1. The lowest BCUT2D eigenvalue weighted by molar-refractivity contribution is -0.128. The minimum absolute atomic E-state index is 0.139. The van der Waals surface area contributed by atoms with Crippen LogP contribution in [0.2, 0.25) is 0 Å². The van der Waals surface area contributed by atoms with E-state index in [1.54, 1.807) is 35.4 Å². The highest BCUT2D eigenvalue weighted by Gasteiger charge is 2.35. The Morgan fingerprint density at radius 2 is 1.84 bits per heavy atom. The number of nitrogen functional groups attached to an aromatic ring is 1. The molecular formula is C37H41FN8O3. The quantitative estimate of drug-likeness (QED) is 0.204. The first-order chi connectivity index (χ1) is 23.7. The number of likely N-dealkylation sites (tertiary alicyclic amines) is 1. The number of anilines is 1. The van der Waals surface area contributed by atoms with Crippen LogP contribution in [0.1, 0.15) is 32.7 Å². The number of piperazine rings is 1. The van der Waals surface area contributed by atoms with Crippen molar-refractivity contribution in [3.63, 3.8) is 0 Å². The predicted molar refractivity (Wildman–Crippen MR) is 184 cm³/mol. The van der Waals surface area contributed by atoms with Crippen molar-refractivity contribution in [1.29, 1.82) is 5.26 Å². The van der Waals surface area contributed by atoms with Crippen LogP contribution < -0.4 is 10.5 Å². The number of pyridine rings is 1. The molecule has 4 aromatic rings. The number of piperidine rings is 1. The number of nitrogens with two attached hydrogens (primary N) is 1. The van der Waals surface area contributed by atoms with E-state index in [1.165, 1.54) is 6.07 Å². The van der Waals surface area contributed by atoms with Crippen LogP contribution in [0, 0.1) is 17.1 Å². The fourth-order valence-corrected chi connectivity index (χ4v) is 7.15. The normalized spacial score (nSPS) is 19.8. The molecule has 0 radical (unpaired) electrons. The zero-order valence-electron chi connectivity index (χ0n) is 27.9. The smallest absolute Gasteiger partial charge is 0.264 e. The largest absolute Gasteiger partial charge is 0.457 e. The lowest BCUT2D eigenvalue weighted by Crippen LogP contribution is -2.59. The molecule has 1 amide bonds. The Labute approximate surface area is 285 Å². The van der Waals surface area contributed by atoms with Crippen molar-refractivity contribution in [3.8, 4) is 28.8 Å². The van der Waals surface area contributed by atoms with Gasteiger partial charge in [0.25, 0.3) is 5.91 Å². The Bertz CT molecular complexity index is 1910. The first-order valence-electron chi connectivity index (χ1n) is 16.9. The number of halogens is 1. The Balaban J connectivity index is 1.11. The number of fused-ring (bicyclic) bond motifs is 1. The second-order valence-corrected chi connectivity index (χ2v) is 13.5. The van der Waals surface area contributed by atoms with E-state index >= 15 is 4.39 Å². The zero-order valence-corrected chi connectivity index (χ0v) is 27.9. The van der Waals surface area contributed by atoms with Gasteiger partial charge in [-0.2, -0.15) is 10.4 Å². The number of nitriles is 1. The maximum Gasteiger partial charge on any atom is 0.264 e. The van der Waals surface area contributed by atoms with Crippen molar-refractivity contribution < 1.29 is 18.7 Å². The third-order valence-corrected chi connectivity index (χ3v) is 9.97. The van der Waals surface area contributed by atoms with E-state index in [9.17, 15) is 10.1 Å². The highest BCUT2D eigenvalue weighted by molar-refractivity contribution is 6.00. The van der Waals surface area contributed by atoms with Crippen LogP contribution >= 0.6 is 0 Å². The number of nitrogens with zero attached hydrogens (tertiary/aromatic N) is 7. The number of hydrogen-bond donors (Lipinski definition) is 1. The molecule has 254 valence electrons. The average molecular weight is 665 g/mol. The van der Waals surface area contributed by atoms with E-state index in [4.69, 9.17) is 20.3 Å². The predicted octanol–water partition coefficient (Wildman–Crippen LogP) is 5.02. The number of benzene rings is 2. The summed E-state index contributed by atoms with van der Waals surface area (Å²) in [5.74, 6) is 0.409. The first-order valence-corrected chi connectivity index (χ1v) is 16.9. The van der Waals surface area contributed by atoms with Crippen LogP contribution in [0.15, 0.2) is 72.4 Å². The molecule has 11 nitrogen and oxygen atoms in total. The molecule has 2 aromatic carbocycles. The number of para-hydroxylation sites is 1. The van der Waals surface area contributed by atoms with E-state index in [2.05, 4.69) is 34.7 Å². The number of rotatable bonds is 8. The van der Waals surface area contributed by atoms with E-state index in [-0.39, 0.29) is 28.9 Å². The van der Waals surface area contributed by atoms with Gasteiger partial charge in [0, 0.05) is 62.6 Å².